The van der Waals surface area contributed by atoms with E-state index in [1.807, 2.05) is 6.92 Å². The molecule has 0 saturated heterocycles. The Balaban J connectivity index is 2.54. The molecule has 1 aliphatic rings. The zero-order valence-electron chi connectivity index (χ0n) is 9.60. The molecule has 0 aromatic rings. The highest BCUT2D eigenvalue weighted by atomic mass is 79.9. The second-order valence-electron chi connectivity index (χ2n) is 4.13. The van der Waals surface area contributed by atoms with Gasteiger partial charge in [0.05, 0.1) is 12.6 Å². The fourth-order valence-corrected chi connectivity index (χ4v) is 3.19. The van der Waals surface area contributed by atoms with Gasteiger partial charge in [-0.15, -0.1) is 0 Å². The number of carbonyl (C=O) groups excluding carboxylic acids is 1. The zero-order chi connectivity index (χ0) is 12.0. The first-order valence-electron chi connectivity index (χ1n) is 5.87. The second kappa shape index (κ2) is 6.84. The SMILES string of the molecule is CCOC(=O)NC1CCCCCCC1(Br)Br. The summed E-state index contributed by atoms with van der Waals surface area (Å²) in [7, 11) is 0. The van der Waals surface area contributed by atoms with Crippen LogP contribution in [0.5, 0.6) is 0 Å². The summed E-state index contributed by atoms with van der Waals surface area (Å²) in [6.45, 7) is 2.23. The lowest BCUT2D eigenvalue weighted by atomic mass is 9.96. The quantitative estimate of drug-likeness (QED) is 0.761. The van der Waals surface area contributed by atoms with E-state index in [2.05, 4.69) is 37.2 Å². The van der Waals surface area contributed by atoms with Crippen molar-refractivity contribution in [3.63, 3.8) is 0 Å². The van der Waals surface area contributed by atoms with Crippen molar-refractivity contribution >= 4 is 38.0 Å². The third-order valence-electron chi connectivity index (χ3n) is 2.83. The molecule has 0 spiro atoms. The standard InChI is InChI=1S/C11H19Br2NO2/c1-2-16-10(15)14-9-7-5-3-4-6-8-11(9,12)13/h9H,2-8H2,1H3,(H,14,15). The number of alkyl carbamates (subject to hydrolysis) is 1. The molecular weight excluding hydrogens is 338 g/mol. The number of hydrogen-bond acceptors (Lipinski definition) is 2. The number of amides is 1. The Labute approximate surface area is 114 Å². The Bertz CT molecular complexity index is 234. The van der Waals surface area contributed by atoms with Gasteiger partial charge in [0, 0.05) is 0 Å². The Morgan fingerprint density at radius 3 is 2.75 bits per heavy atom. The smallest absolute Gasteiger partial charge is 0.407 e. The molecule has 0 heterocycles. The number of hydrogen-bond donors (Lipinski definition) is 1. The van der Waals surface area contributed by atoms with Gasteiger partial charge in [-0.1, -0.05) is 57.5 Å². The van der Waals surface area contributed by atoms with Crippen LogP contribution in [0.1, 0.15) is 45.4 Å². The molecule has 1 amide bonds. The molecule has 5 heteroatoms. The van der Waals surface area contributed by atoms with Crippen LogP contribution in [0.25, 0.3) is 0 Å². The van der Waals surface area contributed by atoms with E-state index in [9.17, 15) is 4.79 Å². The average molecular weight is 357 g/mol. The van der Waals surface area contributed by atoms with Crippen molar-refractivity contribution in [3.8, 4) is 0 Å². The van der Waals surface area contributed by atoms with Crippen LogP contribution in [0.2, 0.25) is 0 Å². The molecule has 1 aliphatic carbocycles. The van der Waals surface area contributed by atoms with Crippen LogP contribution >= 0.6 is 31.9 Å². The predicted octanol–water partition coefficient (Wildman–Crippen LogP) is 3.94. The molecule has 0 radical (unpaired) electrons. The van der Waals surface area contributed by atoms with Crippen molar-refractivity contribution in [2.75, 3.05) is 6.61 Å². The van der Waals surface area contributed by atoms with Crippen LogP contribution in [-0.4, -0.2) is 22.0 Å². The Kier molecular flexibility index (Phi) is 6.11. The van der Waals surface area contributed by atoms with Crippen LogP contribution < -0.4 is 5.32 Å². The Hall–Kier alpha value is 0.230. The van der Waals surface area contributed by atoms with Crippen molar-refractivity contribution in [1.29, 1.82) is 0 Å². The minimum atomic E-state index is -0.323. The van der Waals surface area contributed by atoms with E-state index in [4.69, 9.17) is 4.74 Å². The van der Waals surface area contributed by atoms with E-state index < -0.39 is 0 Å². The predicted molar refractivity (Wildman–Crippen MR) is 72.2 cm³/mol. The zero-order valence-corrected chi connectivity index (χ0v) is 12.8. The summed E-state index contributed by atoms with van der Waals surface area (Å²) in [5.41, 5.74) is 0. The molecule has 3 nitrogen and oxygen atoms in total. The van der Waals surface area contributed by atoms with E-state index in [1.165, 1.54) is 19.3 Å². The Morgan fingerprint density at radius 1 is 1.38 bits per heavy atom. The molecule has 94 valence electrons. The van der Waals surface area contributed by atoms with Crippen LogP contribution in [0.3, 0.4) is 0 Å². The summed E-state index contributed by atoms with van der Waals surface area (Å²) in [5, 5.41) is 2.92. The van der Waals surface area contributed by atoms with Crippen molar-refractivity contribution < 1.29 is 9.53 Å². The van der Waals surface area contributed by atoms with Crippen LogP contribution in [-0.2, 0) is 4.74 Å². The van der Waals surface area contributed by atoms with Crippen molar-refractivity contribution in [1.82, 2.24) is 5.32 Å². The average Bonchev–Trinajstić information content (AvgIpc) is 2.19. The number of carbonyl (C=O) groups is 1. The van der Waals surface area contributed by atoms with Gasteiger partial charge in [-0.25, -0.2) is 4.79 Å². The number of rotatable bonds is 2. The first-order valence-corrected chi connectivity index (χ1v) is 7.46. The molecule has 1 fully saturated rings. The highest BCUT2D eigenvalue weighted by molar-refractivity contribution is 9.25. The number of ether oxygens (including phenoxy) is 1. The lowest BCUT2D eigenvalue weighted by Gasteiger charge is -2.33. The molecule has 1 rings (SSSR count). The molecular formula is C11H19Br2NO2. The van der Waals surface area contributed by atoms with Gasteiger partial charge in [0.2, 0.25) is 0 Å². The second-order valence-corrected chi connectivity index (χ2v) is 8.03. The summed E-state index contributed by atoms with van der Waals surface area (Å²) in [6.07, 6.45) is 6.52. The van der Waals surface area contributed by atoms with Gasteiger partial charge in [-0.3, -0.25) is 0 Å². The fourth-order valence-electron chi connectivity index (χ4n) is 1.94. The molecule has 0 aromatic carbocycles. The fraction of sp³-hybridized carbons (Fsp3) is 0.909. The van der Waals surface area contributed by atoms with E-state index >= 15 is 0 Å². The number of nitrogens with one attached hydrogen (secondary N) is 1. The van der Waals surface area contributed by atoms with Crippen molar-refractivity contribution in [2.45, 2.75) is 54.7 Å². The van der Waals surface area contributed by atoms with Gasteiger partial charge in [-0.2, -0.15) is 0 Å². The summed E-state index contributed by atoms with van der Waals surface area (Å²) in [6, 6.07) is 0.0897. The summed E-state index contributed by atoms with van der Waals surface area (Å²) >= 11 is 7.34. The molecule has 1 atom stereocenters. The van der Waals surface area contributed by atoms with Gasteiger partial charge in [0.1, 0.15) is 3.23 Å². The first-order chi connectivity index (χ1) is 7.56. The largest absolute Gasteiger partial charge is 0.450 e. The van der Waals surface area contributed by atoms with Gasteiger partial charge in [0.15, 0.2) is 0 Å². The lowest BCUT2D eigenvalue weighted by molar-refractivity contribution is 0.146. The molecule has 0 aliphatic heterocycles. The monoisotopic (exact) mass is 355 g/mol. The Morgan fingerprint density at radius 2 is 2.06 bits per heavy atom. The molecule has 1 N–H and O–H groups in total. The van der Waals surface area contributed by atoms with Gasteiger partial charge >= 0.3 is 6.09 Å². The van der Waals surface area contributed by atoms with Crippen LogP contribution in [0, 0.1) is 0 Å². The van der Waals surface area contributed by atoms with E-state index in [1.54, 1.807) is 0 Å². The van der Waals surface area contributed by atoms with Gasteiger partial charge < -0.3 is 10.1 Å². The third-order valence-corrected chi connectivity index (χ3v) is 4.73. The highest BCUT2D eigenvalue weighted by Crippen LogP contribution is 2.39. The van der Waals surface area contributed by atoms with Crippen molar-refractivity contribution in [3.05, 3.63) is 0 Å². The molecule has 1 unspecified atom stereocenters. The van der Waals surface area contributed by atoms with Gasteiger partial charge in [0.25, 0.3) is 0 Å². The maximum absolute atomic E-state index is 11.4. The minimum Gasteiger partial charge on any atom is -0.450 e. The van der Waals surface area contributed by atoms with Crippen LogP contribution in [0.4, 0.5) is 4.79 Å². The summed E-state index contributed by atoms with van der Waals surface area (Å²) in [5.74, 6) is 0. The first kappa shape index (κ1) is 14.3. The van der Waals surface area contributed by atoms with E-state index in [-0.39, 0.29) is 15.4 Å². The van der Waals surface area contributed by atoms with Crippen molar-refractivity contribution in [2.24, 2.45) is 0 Å². The van der Waals surface area contributed by atoms with E-state index in [0.717, 1.165) is 19.3 Å². The molecule has 0 bridgehead atoms. The normalized spacial score (nSPS) is 25.3. The molecule has 0 aromatic heterocycles. The maximum atomic E-state index is 11.4. The molecule has 1 saturated carbocycles. The maximum Gasteiger partial charge on any atom is 0.407 e. The van der Waals surface area contributed by atoms with E-state index in [0.29, 0.717) is 6.61 Å². The highest BCUT2D eigenvalue weighted by Gasteiger charge is 2.35. The topological polar surface area (TPSA) is 38.3 Å². The minimum absolute atomic E-state index is 0.0897. The third kappa shape index (κ3) is 4.62. The summed E-state index contributed by atoms with van der Waals surface area (Å²) < 4.78 is 4.73. The molecule has 16 heavy (non-hydrogen) atoms. The number of alkyl halides is 2. The van der Waals surface area contributed by atoms with Gasteiger partial charge in [-0.05, 0) is 19.8 Å². The lowest BCUT2D eigenvalue weighted by Crippen LogP contribution is -2.46. The summed E-state index contributed by atoms with van der Waals surface area (Å²) in [4.78, 5) is 11.4. The number of halogens is 2. The van der Waals surface area contributed by atoms with Crippen LogP contribution in [0.15, 0.2) is 0 Å².